The van der Waals surface area contributed by atoms with E-state index in [4.69, 9.17) is 4.74 Å². The normalized spacial score (nSPS) is 10.3. The Hall–Kier alpha value is -2.36. The van der Waals surface area contributed by atoms with Crippen molar-refractivity contribution in [3.8, 4) is 5.75 Å². The van der Waals surface area contributed by atoms with E-state index in [0.717, 1.165) is 16.8 Å². The summed E-state index contributed by atoms with van der Waals surface area (Å²) in [5.74, 6) is -0.458. The lowest BCUT2D eigenvalue weighted by Gasteiger charge is -2.11. The van der Waals surface area contributed by atoms with Crippen LogP contribution in [0.3, 0.4) is 0 Å². The second-order valence-corrected chi connectivity index (χ2v) is 4.96. The number of rotatable bonds is 4. The molecule has 0 aliphatic carbocycles. The summed E-state index contributed by atoms with van der Waals surface area (Å²) in [6.45, 7) is 3.88. The van der Waals surface area contributed by atoms with Gasteiger partial charge in [-0.2, -0.15) is 0 Å². The van der Waals surface area contributed by atoms with Crippen molar-refractivity contribution in [2.24, 2.45) is 0 Å². The van der Waals surface area contributed by atoms with Crippen molar-refractivity contribution in [2.45, 2.75) is 20.3 Å². The molecule has 0 radical (unpaired) electrons. The Kier molecular flexibility index (Phi) is 4.58. The van der Waals surface area contributed by atoms with E-state index >= 15 is 0 Å². The number of hydrogen-bond acceptors (Lipinski definition) is 2. The number of aryl methyl sites for hydroxylation is 2. The molecule has 2 aromatic rings. The number of ether oxygens (including phenoxy) is 1. The van der Waals surface area contributed by atoms with Crippen LogP contribution < -0.4 is 10.1 Å². The molecule has 21 heavy (non-hydrogen) atoms. The molecule has 0 saturated carbocycles. The molecule has 0 saturated heterocycles. The lowest BCUT2D eigenvalue weighted by molar-refractivity contribution is -0.115. The van der Waals surface area contributed by atoms with Crippen LogP contribution in [0.2, 0.25) is 0 Å². The fourth-order valence-electron chi connectivity index (χ4n) is 2.20. The first-order chi connectivity index (χ1) is 10.0. The van der Waals surface area contributed by atoms with E-state index in [1.165, 1.54) is 19.2 Å². The van der Waals surface area contributed by atoms with Crippen molar-refractivity contribution < 1.29 is 13.9 Å². The van der Waals surface area contributed by atoms with Crippen LogP contribution in [0.25, 0.3) is 0 Å². The maximum atomic E-state index is 13.6. The lowest BCUT2D eigenvalue weighted by atomic mass is 10.1. The van der Waals surface area contributed by atoms with E-state index in [1.807, 2.05) is 32.0 Å². The summed E-state index contributed by atoms with van der Waals surface area (Å²) in [5, 5.41) is 2.88. The molecule has 0 aliphatic heterocycles. The lowest BCUT2D eigenvalue weighted by Crippen LogP contribution is -2.16. The highest BCUT2D eigenvalue weighted by Gasteiger charge is 2.10. The van der Waals surface area contributed by atoms with Gasteiger partial charge in [0.2, 0.25) is 5.91 Å². The Balaban J connectivity index is 2.10. The van der Waals surface area contributed by atoms with Crippen LogP contribution in [-0.2, 0) is 11.2 Å². The number of carbonyl (C=O) groups is 1. The summed E-state index contributed by atoms with van der Waals surface area (Å²) in [7, 11) is 1.41. The molecule has 0 unspecified atom stereocenters. The first-order valence-corrected chi connectivity index (χ1v) is 6.69. The third kappa shape index (κ3) is 3.60. The van der Waals surface area contributed by atoms with Crippen molar-refractivity contribution in [2.75, 3.05) is 12.4 Å². The smallest absolute Gasteiger partial charge is 0.228 e. The third-order valence-electron chi connectivity index (χ3n) is 3.33. The molecule has 0 aromatic heterocycles. The number of carbonyl (C=O) groups excluding carboxylic acids is 1. The highest BCUT2D eigenvalue weighted by Crippen LogP contribution is 2.21. The van der Waals surface area contributed by atoms with E-state index < -0.39 is 5.82 Å². The summed E-state index contributed by atoms with van der Waals surface area (Å²) in [4.78, 5) is 12.1. The number of methoxy groups -OCH3 is 1. The van der Waals surface area contributed by atoms with Crippen LogP contribution in [-0.4, -0.2) is 13.0 Å². The van der Waals surface area contributed by atoms with Gasteiger partial charge in [-0.15, -0.1) is 0 Å². The van der Waals surface area contributed by atoms with Crippen LogP contribution in [0.5, 0.6) is 5.75 Å². The Morgan fingerprint density at radius 2 is 1.86 bits per heavy atom. The maximum absolute atomic E-state index is 13.6. The number of amides is 1. The summed E-state index contributed by atoms with van der Waals surface area (Å²) >= 11 is 0. The number of nitrogens with one attached hydrogen (secondary N) is 1. The van der Waals surface area contributed by atoms with Crippen LogP contribution in [0, 0.1) is 19.7 Å². The molecular weight excluding hydrogens is 269 g/mol. The zero-order valence-corrected chi connectivity index (χ0v) is 12.4. The quantitative estimate of drug-likeness (QED) is 0.932. The summed E-state index contributed by atoms with van der Waals surface area (Å²) in [6.07, 6.45) is 0.120. The average molecular weight is 287 g/mol. The van der Waals surface area contributed by atoms with E-state index in [9.17, 15) is 9.18 Å². The van der Waals surface area contributed by atoms with Gasteiger partial charge in [-0.3, -0.25) is 4.79 Å². The number of halogens is 1. The van der Waals surface area contributed by atoms with Gasteiger partial charge in [-0.1, -0.05) is 24.3 Å². The molecule has 0 fully saturated rings. The molecule has 0 aliphatic rings. The monoisotopic (exact) mass is 287 g/mol. The number of hydrogen-bond donors (Lipinski definition) is 1. The number of benzene rings is 2. The van der Waals surface area contributed by atoms with Crippen LogP contribution in [0.4, 0.5) is 10.1 Å². The Morgan fingerprint density at radius 3 is 2.43 bits per heavy atom. The van der Waals surface area contributed by atoms with Gasteiger partial charge in [-0.25, -0.2) is 4.39 Å². The van der Waals surface area contributed by atoms with Gasteiger partial charge in [0.25, 0.3) is 0 Å². The highest BCUT2D eigenvalue weighted by molar-refractivity contribution is 5.93. The standard InChI is InChI=1S/C17H18FNO2/c1-11-5-4-6-12(2)17(11)19-16(20)10-13-7-8-15(21-3)14(18)9-13/h4-9H,10H2,1-3H3,(H,19,20). The van der Waals surface area contributed by atoms with Gasteiger partial charge in [0.15, 0.2) is 11.6 Å². The van der Waals surface area contributed by atoms with Gasteiger partial charge < -0.3 is 10.1 Å². The Morgan fingerprint density at radius 1 is 1.19 bits per heavy atom. The fourth-order valence-corrected chi connectivity index (χ4v) is 2.20. The van der Waals surface area contributed by atoms with Crippen LogP contribution in [0.15, 0.2) is 36.4 Å². The molecule has 3 nitrogen and oxygen atoms in total. The molecule has 0 bridgehead atoms. The zero-order chi connectivity index (χ0) is 15.4. The molecule has 2 rings (SSSR count). The summed E-state index contributed by atoms with van der Waals surface area (Å²) < 4.78 is 18.5. The molecule has 110 valence electrons. The second-order valence-electron chi connectivity index (χ2n) is 4.96. The first kappa shape index (κ1) is 15.0. The van der Waals surface area contributed by atoms with Crippen LogP contribution in [0.1, 0.15) is 16.7 Å². The molecule has 0 atom stereocenters. The minimum atomic E-state index is -0.463. The number of anilines is 1. The predicted molar refractivity (Wildman–Crippen MR) is 81.2 cm³/mol. The molecule has 4 heteroatoms. The predicted octanol–water partition coefficient (Wildman–Crippen LogP) is 3.63. The molecule has 0 spiro atoms. The molecule has 1 amide bonds. The average Bonchev–Trinajstić information content (AvgIpc) is 2.43. The van der Waals surface area contributed by atoms with Crippen molar-refractivity contribution in [3.05, 3.63) is 58.9 Å². The SMILES string of the molecule is COc1ccc(CC(=O)Nc2c(C)cccc2C)cc1F. The van der Waals surface area contributed by atoms with Crippen molar-refractivity contribution in [1.82, 2.24) is 0 Å². The fraction of sp³-hybridized carbons (Fsp3) is 0.235. The van der Waals surface area contributed by atoms with Gasteiger partial charge in [0, 0.05) is 5.69 Å². The largest absolute Gasteiger partial charge is 0.494 e. The van der Waals surface area contributed by atoms with Gasteiger partial charge >= 0.3 is 0 Å². The third-order valence-corrected chi connectivity index (χ3v) is 3.33. The molecule has 0 heterocycles. The van der Waals surface area contributed by atoms with Gasteiger partial charge in [-0.05, 0) is 42.7 Å². The van der Waals surface area contributed by atoms with E-state index in [-0.39, 0.29) is 18.1 Å². The van der Waals surface area contributed by atoms with E-state index in [1.54, 1.807) is 6.07 Å². The van der Waals surface area contributed by atoms with E-state index in [2.05, 4.69) is 5.32 Å². The topological polar surface area (TPSA) is 38.3 Å². The second kappa shape index (κ2) is 6.39. The summed E-state index contributed by atoms with van der Waals surface area (Å²) in [6, 6.07) is 10.4. The van der Waals surface area contributed by atoms with Crippen LogP contribution >= 0.6 is 0 Å². The minimum absolute atomic E-state index is 0.120. The molecular formula is C17H18FNO2. The molecule has 1 N–H and O–H groups in total. The first-order valence-electron chi connectivity index (χ1n) is 6.69. The maximum Gasteiger partial charge on any atom is 0.228 e. The zero-order valence-electron chi connectivity index (χ0n) is 12.4. The van der Waals surface area contributed by atoms with E-state index in [0.29, 0.717) is 5.56 Å². The molecule has 2 aromatic carbocycles. The van der Waals surface area contributed by atoms with Gasteiger partial charge in [0.1, 0.15) is 0 Å². The summed E-state index contributed by atoms with van der Waals surface area (Å²) in [5.41, 5.74) is 3.43. The number of para-hydroxylation sites is 1. The van der Waals surface area contributed by atoms with Crippen molar-refractivity contribution >= 4 is 11.6 Å². The highest BCUT2D eigenvalue weighted by atomic mass is 19.1. The van der Waals surface area contributed by atoms with Crippen molar-refractivity contribution in [3.63, 3.8) is 0 Å². The van der Waals surface area contributed by atoms with Crippen molar-refractivity contribution in [1.29, 1.82) is 0 Å². The Bertz CT molecular complexity index is 648. The van der Waals surface area contributed by atoms with Gasteiger partial charge in [0.05, 0.1) is 13.5 Å². The minimum Gasteiger partial charge on any atom is -0.494 e. The Labute approximate surface area is 123 Å².